The lowest BCUT2D eigenvalue weighted by molar-refractivity contribution is 0.0910. The van der Waals surface area contributed by atoms with Gasteiger partial charge in [-0.2, -0.15) is 0 Å². The summed E-state index contributed by atoms with van der Waals surface area (Å²) in [4.78, 5) is 5.32. The first-order valence-corrected chi connectivity index (χ1v) is 7.30. The Kier molecular flexibility index (Phi) is 4.45. The summed E-state index contributed by atoms with van der Waals surface area (Å²) in [5.74, 6) is 1.54. The Morgan fingerprint density at radius 2 is 1.94 bits per heavy atom. The first-order chi connectivity index (χ1) is 8.11. The maximum Gasteiger partial charge on any atom is 0.0235 e. The Balaban J connectivity index is 1.87. The van der Waals surface area contributed by atoms with Gasteiger partial charge in [-0.3, -0.25) is 9.80 Å². The van der Waals surface area contributed by atoms with Crippen molar-refractivity contribution in [1.82, 2.24) is 9.80 Å². The fourth-order valence-electron chi connectivity index (χ4n) is 3.35. The van der Waals surface area contributed by atoms with Crippen molar-refractivity contribution in [2.45, 2.75) is 45.7 Å². The summed E-state index contributed by atoms with van der Waals surface area (Å²) < 4.78 is 0. The molecule has 0 aromatic carbocycles. The van der Waals surface area contributed by atoms with Crippen molar-refractivity contribution in [2.24, 2.45) is 17.6 Å². The molecule has 0 radical (unpaired) electrons. The molecule has 0 amide bonds. The molecule has 2 heterocycles. The highest BCUT2D eigenvalue weighted by Crippen LogP contribution is 2.27. The quantitative estimate of drug-likeness (QED) is 0.808. The minimum Gasteiger partial charge on any atom is -0.330 e. The van der Waals surface area contributed by atoms with Gasteiger partial charge in [-0.25, -0.2) is 0 Å². The maximum absolute atomic E-state index is 5.89. The summed E-state index contributed by atoms with van der Waals surface area (Å²) in [5.41, 5.74) is 5.89. The van der Waals surface area contributed by atoms with Gasteiger partial charge in [0, 0.05) is 31.7 Å². The Bertz CT molecular complexity index is 242. The average Bonchev–Trinajstić information content (AvgIpc) is 2.79. The normalized spacial score (nSPS) is 36.9. The third-order valence-corrected chi connectivity index (χ3v) is 4.89. The van der Waals surface area contributed by atoms with Crippen LogP contribution < -0.4 is 5.73 Å². The average molecular weight is 239 g/mol. The molecule has 0 aromatic rings. The largest absolute Gasteiger partial charge is 0.330 e. The number of nitrogens with zero attached hydrogens (tertiary/aromatic N) is 2. The lowest BCUT2D eigenvalue weighted by Crippen LogP contribution is -2.48. The molecular weight excluding hydrogens is 210 g/mol. The van der Waals surface area contributed by atoms with Crippen molar-refractivity contribution < 1.29 is 0 Å². The van der Waals surface area contributed by atoms with Gasteiger partial charge < -0.3 is 5.73 Å². The third kappa shape index (κ3) is 3.01. The van der Waals surface area contributed by atoms with Gasteiger partial charge in [0.1, 0.15) is 0 Å². The summed E-state index contributed by atoms with van der Waals surface area (Å²) in [6.45, 7) is 12.9. The van der Waals surface area contributed by atoms with Gasteiger partial charge in [0.2, 0.25) is 0 Å². The molecule has 0 saturated carbocycles. The van der Waals surface area contributed by atoms with Crippen molar-refractivity contribution in [1.29, 1.82) is 0 Å². The highest BCUT2D eigenvalue weighted by molar-refractivity contribution is 4.89. The van der Waals surface area contributed by atoms with E-state index in [0.29, 0.717) is 6.04 Å². The molecule has 0 aromatic heterocycles. The van der Waals surface area contributed by atoms with E-state index in [9.17, 15) is 0 Å². The van der Waals surface area contributed by atoms with Gasteiger partial charge in [0.25, 0.3) is 0 Å². The van der Waals surface area contributed by atoms with Gasteiger partial charge in [0.05, 0.1) is 0 Å². The van der Waals surface area contributed by atoms with Crippen LogP contribution in [0.15, 0.2) is 0 Å². The minimum absolute atomic E-state index is 0.703. The summed E-state index contributed by atoms with van der Waals surface area (Å²) >= 11 is 0. The van der Waals surface area contributed by atoms with E-state index in [1.165, 1.54) is 39.0 Å². The Labute approximate surface area is 106 Å². The summed E-state index contributed by atoms with van der Waals surface area (Å²) in [6, 6.07) is 1.49. The molecule has 3 atom stereocenters. The topological polar surface area (TPSA) is 32.5 Å². The van der Waals surface area contributed by atoms with Crippen LogP contribution in [-0.4, -0.2) is 54.6 Å². The molecule has 0 bridgehead atoms. The number of rotatable bonds is 3. The zero-order valence-corrected chi connectivity index (χ0v) is 11.7. The fourth-order valence-corrected chi connectivity index (χ4v) is 3.35. The van der Waals surface area contributed by atoms with Crippen molar-refractivity contribution in [3.63, 3.8) is 0 Å². The van der Waals surface area contributed by atoms with E-state index in [0.717, 1.165) is 24.4 Å². The van der Waals surface area contributed by atoms with Crippen LogP contribution in [0.5, 0.6) is 0 Å². The minimum atomic E-state index is 0.703. The third-order valence-electron chi connectivity index (χ3n) is 4.89. The Morgan fingerprint density at radius 3 is 2.53 bits per heavy atom. The van der Waals surface area contributed by atoms with Crippen LogP contribution in [0.25, 0.3) is 0 Å². The second-order valence-corrected chi connectivity index (χ2v) is 6.29. The van der Waals surface area contributed by atoms with Crippen LogP contribution in [0.2, 0.25) is 0 Å². The summed E-state index contributed by atoms with van der Waals surface area (Å²) in [6.07, 6.45) is 2.68. The van der Waals surface area contributed by atoms with Crippen molar-refractivity contribution in [3.8, 4) is 0 Å². The molecule has 100 valence electrons. The molecule has 3 unspecified atom stereocenters. The molecule has 2 N–H and O–H groups in total. The number of piperidine rings is 1. The van der Waals surface area contributed by atoms with Crippen LogP contribution in [0.3, 0.4) is 0 Å². The number of hydrogen-bond donors (Lipinski definition) is 1. The van der Waals surface area contributed by atoms with Crippen molar-refractivity contribution in [2.75, 3.05) is 32.7 Å². The lowest BCUT2D eigenvalue weighted by Gasteiger charge is -2.40. The number of hydrogen-bond acceptors (Lipinski definition) is 3. The highest BCUT2D eigenvalue weighted by atomic mass is 15.3. The standard InChI is InChI=1S/C14H29N3/c1-11(2)16-7-5-14(10-16)17-6-4-12(3)13(8-15)9-17/h11-14H,4-10,15H2,1-3H3. The molecule has 2 fully saturated rings. The second kappa shape index (κ2) is 5.68. The van der Waals surface area contributed by atoms with E-state index in [4.69, 9.17) is 5.73 Å². The zero-order valence-electron chi connectivity index (χ0n) is 11.7. The monoisotopic (exact) mass is 239 g/mol. The molecule has 3 heteroatoms. The van der Waals surface area contributed by atoms with E-state index in [2.05, 4.69) is 30.6 Å². The molecule has 3 nitrogen and oxygen atoms in total. The van der Waals surface area contributed by atoms with Crippen LogP contribution in [0.4, 0.5) is 0 Å². The van der Waals surface area contributed by atoms with Crippen molar-refractivity contribution >= 4 is 0 Å². The second-order valence-electron chi connectivity index (χ2n) is 6.29. The van der Waals surface area contributed by atoms with Crippen LogP contribution in [-0.2, 0) is 0 Å². The fraction of sp³-hybridized carbons (Fsp3) is 1.00. The van der Waals surface area contributed by atoms with Crippen LogP contribution >= 0.6 is 0 Å². The van der Waals surface area contributed by atoms with Gasteiger partial charge in [-0.15, -0.1) is 0 Å². The molecule has 0 spiro atoms. The van der Waals surface area contributed by atoms with Gasteiger partial charge >= 0.3 is 0 Å². The zero-order chi connectivity index (χ0) is 12.4. The van der Waals surface area contributed by atoms with E-state index < -0.39 is 0 Å². The SMILES string of the molecule is CC1CCN(C2CCN(C(C)C)C2)CC1CN. The maximum atomic E-state index is 5.89. The number of likely N-dealkylation sites (tertiary alicyclic amines) is 2. The van der Waals surface area contributed by atoms with E-state index in [1.807, 2.05) is 0 Å². The molecule has 2 rings (SSSR count). The summed E-state index contributed by atoms with van der Waals surface area (Å²) in [7, 11) is 0. The Morgan fingerprint density at radius 1 is 1.18 bits per heavy atom. The first kappa shape index (κ1) is 13.3. The van der Waals surface area contributed by atoms with Gasteiger partial charge in [0.15, 0.2) is 0 Å². The molecule has 2 aliphatic heterocycles. The van der Waals surface area contributed by atoms with Gasteiger partial charge in [-0.05, 0) is 51.6 Å². The smallest absolute Gasteiger partial charge is 0.0235 e. The molecule has 17 heavy (non-hydrogen) atoms. The highest BCUT2D eigenvalue weighted by Gasteiger charge is 2.33. The molecule has 2 aliphatic rings. The first-order valence-electron chi connectivity index (χ1n) is 7.30. The number of nitrogens with two attached hydrogens (primary N) is 1. The van der Waals surface area contributed by atoms with E-state index in [-0.39, 0.29) is 0 Å². The van der Waals surface area contributed by atoms with Crippen LogP contribution in [0.1, 0.15) is 33.6 Å². The molecule has 2 saturated heterocycles. The Hall–Kier alpha value is -0.120. The lowest BCUT2D eigenvalue weighted by atomic mass is 9.86. The molecular formula is C14H29N3. The van der Waals surface area contributed by atoms with E-state index in [1.54, 1.807) is 0 Å². The summed E-state index contributed by atoms with van der Waals surface area (Å²) in [5, 5.41) is 0. The van der Waals surface area contributed by atoms with Crippen LogP contribution in [0, 0.1) is 11.8 Å². The molecule has 0 aliphatic carbocycles. The van der Waals surface area contributed by atoms with Gasteiger partial charge in [-0.1, -0.05) is 6.92 Å². The predicted octanol–water partition coefficient (Wildman–Crippen LogP) is 1.39. The van der Waals surface area contributed by atoms with E-state index >= 15 is 0 Å². The predicted molar refractivity (Wildman–Crippen MR) is 73.0 cm³/mol. The van der Waals surface area contributed by atoms with Crippen molar-refractivity contribution in [3.05, 3.63) is 0 Å².